The second-order valence-electron chi connectivity index (χ2n) is 5.68. The van der Waals surface area contributed by atoms with E-state index >= 15 is 0 Å². The number of halogens is 1. The van der Waals surface area contributed by atoms with Crippen LogP contribution in [0.1, 0.15) is 24.2 Å². The molecule has 0 aliphatic carbocycles. The number of carbonyl (C=O) groups excluding carboxylic acids is 1. The average molecular weight is 385 g/mol. The van der Waals surface area contributed by atoms with Crippen molar-refractivity contribution < 1.29 is 14.3 Å². The van der Waals surface area contributed by atoms with Crippen LogP contribution in [-0.2, 0) is 0 Å². The molecule has 0 N–H and O–H groups in total. The largest absolute Gasteiger partial charge is 0.491 e. The molecule has 3 nitrogen and oxygen atoms in total. The molecule has 0 aliphatic heterocycles. The number of hydrogen-bond donors (Lipinski definition) is 0. The van der Waals surface area contributed by atoms with Gasteiger partial charge in [0, 0.05) is 0 Å². The fraction of sp³-hybridized carbons (Fsp3) is 0.150. The predicted octanol–water partition coefficient (Wildman–Crippen LogP) is 5.61. The molecule has 3 aromatic rings. The van der Waals surface area contributed by atoms with Gasteiger partial charge >= 0.3 is 5.97 Å². The minimum atomic E-state index is -0.401. The van der Waals surface area contributed by atoms with Gasteiger partial charge in [0.1, 0.15) is 11.5 Å². The van der Waals surface area contributed by atoms with E-state index in [0.29, 0.717) is 11.3 Å². The summed E-state index contributed by atoms with van der Waals surface area (Å²) in [6, 6.07) is 18.6. The summed E-state index contributed by atoms with van der Waals surface area (Å²) in [6.45, 7) is 3.92. The van der Waals surface area contributed by atoms with Gasteiger partial charge in [-0.15, -0.1) is 0 Å². The highest BCUT2D eigenvalue weighted by molar-refractivity contribution is 9.10. The zero-order chi connectivity index (χ0) is 17.1. The summed E-state index contributed by atoms with van der Waals surface area (Å²) in [6.07, 6.45) is 0.0938. The molecule has 3 aromatic carbocycles. The quantitative estimate of drug-likeness (QED) is 0.433. The summed E-state index contributed by atoms with van der Waals surface area (Å²) >= 11 is 3.52. The van der Waals surface area contributed by atoms with Gasteiger partial charge in [-0.3, -0.25) is 0 Å². The third-order valence-corrected chi connectivity index (χ3v) is 4.31. The molecule has 0 aliphatic rings. The molecule has 0 radical (unpaired) electrons. The molecule has 0 unspecified atom stereocenters. The molecule has 0 saturated heterocycles. The second kappa shape index (κ2) is 7.05. The Kier molecular flexibility index (Phi) is 4.86. The van der Waals surface area contributed by atoms with Gasteiger partial charge in [-0.2, -0.15) is 0 Å². The molecular formula is C20H17BrO3. The molecule has 0 atom stereocenters. The maximum atomic E-state index is 12.4. The fourth-order valence-electron chi connectivity index (χ4n) is 2.39. The molecule has 0 fully saturated rings. The molecule has 4 heteroatoms. The first-order chi connectivity index (χ1) is 11.5. The molecule has 0 amide bonds. The molecule has 0 bridgehead atoms. The fourth-order valence-corrected chi connectivity index (χ4v) is 2.97. The van der Waals surface area contributed by atoms with Gasteiger partial charge < -0.3 is 9.47 Å². The number of benzene rings is 3. The van der Waals surface area contributed by atoms with E-state index in [0.717, 1.165) is 21.0 Å². The Morgan fingerprint density at radius 2 is 1.67 bits per heavy atom. The number of fused-ring (bicyclic) bond motifs is 1. The van der Waals surface area contributed by atoms with Crippen molar-refractivity contribution in [1.29, 1.82) is 0 Å². The van der Waals surface area contributed by atoms with Gasteiger partial charge in [0.15, 0.2) is 0 Å². The van der Waals surface area contributed by atoms with Crippen molar-refractivity contribution in [3.05, 3.63) is 70.7 Å². The lowest BCUT2D eigenvalue weighted by molar-refractivity contribution is 0.0734. The summed E-state index contributed by atoms with van der Waals surface area (Å²) in [4.78, 5) is 12.4. The molecule has 0 spiro atoms. The van der Waals surface area contributed by atoms with Gasteiger partial charge in [0.2, 0.25) is 0 Å². The van der Waals surface area contributed by atoms with E-state index in [1.54, 1.807) is 30.3 Å². The Bertz CT molecular complexity index is 870. The lowest BCUT2D eigenvalue weighted by atomic mass is 10.1. The van der Waals surface area contributed by atoms with Crippen LogP contribution in [0.25, 0.3) is 10.8 Å². The average Bonchev–Trinajstić information content (AvgIpc) is 2.57. The smallest absolute Gasteiger partial charge is 0.343 e. The first-order valence-corrected chi connectivity index (χ1v) is 8.50. The number of ether oxygens (including phenoxy) is 2. The molecule has 24 heavy (non-hydrogen) atoms. The van der Waals surface area contributed by atoms with Crippen LogP contribution < -0.4 is 9.47 Å². The van der Waals surface area contributed by atoms with Crippen LogP contribution in [0, 0.1) is 0 Å². The first kappa shape index (κ1) is 16.5. The van der Waals surface area contributed by atoms with Crippen molar-refractivity contribution in [1.82, 2.24) is 0 Å². The lowest BCUT2D eigenvalue weighted by Crippen LogP contribution is -2.09. The summed E-state index contributed by atoms with van der Waals surface area (Å²) in [5, 5.41) is 2.09. The first-order valence-electron chi connectivity index (χ1n) is 7.71. The van der Waals surface area contributed by atoms with Crippen LogP contribution in [0.3, 0.4) is 0 Å². The summed E-state index contributed by atoms with van der Waals surface area (Å²) in [7, 11) is 0. The van der Waals surface area contributed by atoms with Crippen molar-refractivity contribution in [2.24, 2.45) is 0 Å². The SMILES string of the molecule is CC(C)Oc1ccc(C(=O)Oc2ccc3ccccc3c2Br)cc1. The normalized spacial score (nSPS) is 10.8. The van der Waals surface area contributed by atoms with Gasteiger partial charge in [-0.1, -0.05) is 30.3 Å². The minimum absolute atomic E-state index is 0.0938. The second-order valence-corrected chi connectivity index (χ2v) is 6.47. The molecular weight excluding hydrogens is 368 g/mol. The molecule has 122 valence electrons. The number of rotatable bonds is 4. The number of hydrogen-bond acceptors (Lipinski definition) is 3. The van der Waals surface area contributed by atoms with E-state index in [4.69, 9.17) is 9.47 Å². The highest BCUT2D eigenvalue weighted by Gasteiger charge is 2.13. The van der Waals surface area contributed by atoms with E-state index in [-0.39, 0.29) is 6.10 Å². The number of esters is 1. The minimum Gasteiger partial charge on any atom is -0.491 e. The van der Waals surface area contributed by atoms with Crippen molar-refractivity contribution in [3.8, 4) is 11.5 Å². The summed E-state index contributed by atoms with van der Waals surface area (Å²) < 4.78 is 11.9. The van der Waals surface area contributed by atoms with Crippen LogP contribution in [-0.4, -0.2) is 12.1 Å². The van der Waals surface area contributed by atoms with Gasteiger partial charge in [0.05, 0.1) is 16.1 Å². The van der Waals surface area contributed by atoms with E-state index < -0.39 is 5.97 Å². The topological polar surface area (TPSA) is 35.5 Å². The van der Waals surface area contributed by atoms with Crippen molar-refractivity contribution in [3.63, 3.8) is 0 Å². The van der Waals surface area contributed by atoms with Crippen LogP contribution in [0.2, 0.25) is 0 Å². The Hall–Kier alpha value is -2.33. The zero-order valence-electron chi connectivity index (χ0n) is 13.5. The predicted molar refractivity (Wildman–Crippen MR) is 98.8 cm³/mol. The van der Waals surface area contributed by atoms with Crippen LogP contribution in [0.5, 0.6) is 11.5 Å². The van der Waals surface area contributed by atoms with Crippen molar-refractivity contribution in [2.45, 2.75) is 20.0 Å². The standard InChI is InChI=1S/C20H17BrO3/c1-13(2)23-16-10-7-15(8-11-16)20(22)24-18-12-9-14-5-3-4-6-17(14)19(18)21/h3-13H,1-2H3. The van der Waals surface area contributed by atoms with E-state index in [9.17, 15) is 4.79 Å². The van der Waals surface area contributed by atoms with Gasteiger partial charge in [0.25, 0.3) is 0 Å². The highest BCUT2D eigenvalue weighted by atomic mass is 79.9. The van der Waals surface area contributed by atoms with E-state index in [1.807, 2.05) is 44.2 Å². The molecule has 3 rings (SSSR count). The lowest BCUT2D eigenvalue weighted by Gasteiger charge is -2.11. The van der Waals surface area contributed by atoms with Crippen LogP contribution >= 0.6 is 15.9 Å². The molecule has 0 aromatic heterocycles. The summed E-state index contributed by atoms with van der Waals surface area (Å²) in [5.41, 5.74) is 0.478. The highest BCUT2D eigenvalue weighted by Crippen LogP contribution is 2.33. The van der Waals surface area contributed by atoms with E-state index in [2.05, 4.69) is 15.9 Å². The maximum Gasteiger partial charge on any atom is 0.343 e. The van der Waals surface area contributed by atoms with E-state index in [1.165, 1.54) is 0 Å². The van der Waals surface area contributed by atoms with Crippen LogP contribution in [0.15, 0.2) is 65.1 Å². The third-order valence-electron chi connectivity index (χ3n) is 3.49. The Morgan fingerprint density at radius 3 is 2.38 bits per heavy atom. The van der Waals surface area contributed by atoms with Crippen molar-refractivity contribution >= 4 is 32.7 Å². The molecule has 0 saturated carbocycles. The van der Waals surface area contributed by atoms with Gasteiger partial charge in [-0.05, 0) is 70.9 Å². The van der Waals surface area contributed by atoms with Crippen molar-refractivity contribution in [2.75, 3.05) is 0 Å². The maximum absolute atomic E-state index is 12.4. The number of carbonyl (C=O) groups is 1. The monoisotopic (exact) mass is 384 g/mol. The Labute approximate surface area is 149 Å². The third kappa shape index (κ3) is 3.60. The Morgan fingerprint density at radius 1 is 0.958 bits per heavy atom. The Balaban J connectivity index is 1.81. The zero-order valence-corrected chi connectivity index (χ0v) is 15.0. The molecule has 0 heterocycles. The van der Waals surface area contributed by atoms with Crippen LogP contribution in [0.4, 0.5) is 0 Å². The summed E-state index contributed by atoms with van der Waals surface area (Å²) in [5.74, 6) is 0.830. The van der Waals surface area contributed by atoms with Gasteiger partial charge in [-0.25, -0.2) is 4.79 Å².